The van der Waals surface area contributed by atoms with Crippen LogP contribution in [-0.2, 0) is 0 Å². The maximum Gasteiger partial charge on any atom is 0.195 e. The molecule has 0 aliphatic heterocycles. The van der Waals surface area contributed by atoms with E-state index in [-0.39, 0.29) is 5.78 Å². The van der Waals surface area contributed by atoms with Crippen molar-refractivity contribution in [3.63, 3.8) is 0 Å². The fourth-order valence-corrected chi connectivity index (χ4v) is 2.33. The quantitative estimate of drug-likeness (QED) is 0.654. The number of nitrogens with zero attached hydrogens (tertiary/aromatic N) is 1. The molecule has 3 aromatic rings. The van der Waals surface area contributed by atoms with Crippen LogP contribution in [-0.4, -0.2) is 10.8 Å². The van der Waals surface area contributed by atoms with Crippen LogP contribution in [0, 0.1) is 0 Å². The molecule has 0 spiro atoms. The van der Waals surface area contributed by atoms with Crippen LogP contribution >= 0.6 is 11.6 Å². The predicted octanol–water partition coefficient (Wildman–Crippen LogP) is 4.12. The van der Waals surface area contributed by atoms with Gasteiger partial charge in [0, 0.05) is 28.9 Å². The molecule has 0 unspecified atom stereocenters. The molecular weight excluding hydrogens is 258 g/mol. The molecule has 92 valence electrons. The second-order valence-corrected chi connectivity index (χ2v) is 4.62. The number of hydrogen-bond donors (Lipinski definition) is 0. The number of carbonyl (C=O) groups excluding carboxylic acids is 1. The van der Waals surface area contributed by atoms with Crippen molar-refractivity contribution in [3.8, 4) is 0 Å². The Morgan fingerprint density at radius 1 is 0.947 bits per heavy atom. The summed E-state index contributed by atoms with van der Waals surface area (Å²) in [4.78, 5) is 16.6. The molecule has 0 saturated carbocycles. The average molecular weight is 268 g/mol. The second kappa shape index (κ2) is 4.82. The Labute approximate surface area is 115 Å². The molecule has 0 bridgehead atoms. The zero-order valence-electron chi connectivity index (χ0n) is 10.0. The lowest BCUT2D eigenvalue weighted by Gasteiger charge is -2.06. The summed E-state index contributed by atoms with van der Waals surface area (Å²) in [6.45, 7) is 0. The Kier molecular flexibility index (Phi) is 3.02. The molecule has 2 aromatic carbocycles. The van der Waals surface area contributed by atoms with E-state index in [0.29, 0.717) is 16.1 Å². The number of hydrogen-bond acceptors (Lipinski definition) is 2. The number of pyridine rings is 1. The maximum atomic E-state index is 12.6. The van der Waals surface area contributed by atoms with E-state index in [1.807, 2.05) is 36.4 Å². The van der Waals surface area contributed by atoms with Gasteiger partial charge >= 0.3 is 0 Å². The number of rotatable bonds is 2. The molecule has 0 fully saturated rings. The smallest absolute Gasteiger partial charge is 0.195 e. The van der Waals surface area contributed by atoms with E-state index < -0.39 is 0 Å². The molecule has 0 amide bonds. The van der Waals surface area contributed by atoms with Gasteiger partial charge in [-0.25, -0.2) is 0 Å². The van der Waals surface area contributed by atoms with Crippen molar-refractivity contribution < 1.29 is 4.79 Å². The topological polar surface area (TPSA) is 30.0 Å². The third-order valence-corrected chi connectivity index (χ3v) is 3.37. The van der Waals surface area contributed by atoms with Crippen molar-refractivity contribution in [2.45, 2.75) is 0 Å². The molecule has 3 rings (SSSR count). The van der Waals surface area contributed by atoms with E-state index in [1.165, 1.54) is 0 Å². The summed E-state index contributed by atoms with van der Waals surface area (Å²) in [6, 6.07) is 14.5. The third kappa shape index (κ3) is 2.11. The van der Waals surface area contributed by atoms with E-state index in [0.717, 1.165) is 10.8 Å². The predicted molar refractivity (Wildman–Crippen MR) is 76.6 cm³/mol. The van der Waals surface area contributed by atoms with Gasteiger partial charge in [0.15, 0.2) is 5.78 Å². The summed E-state index contributed by atoms with van der Waals surface area (Å²) in [5.41, 5.74) is 1.17. The van der Waals surface area contributed by atoms with Crippen LogP contribution < -0.4 is 0 Å². The van der Waals surface area contributed by atoms with Crippen LogP contribution in [0.15, 0.2) is 60.9 Å². The number of aromatic nitrogens is 1. The average Bonchev–Trinajstić information content (AvgIpc) is 2.46. The van der Waals surface area contributed by atoms with Gasteiger partial charge in [0.2, 0.25) is 0 Å². The fraction of sp³-hybridized carbons (Fsp3) is 0. The molecule has 0 radical (unpaired) electrons. The normalized spacial score (nSPS) is 10.6. The van der Waals surface area contributed by atoms with Crippen LogP contribution in [0.5, 0.6) is 0 Å². The Balaban J connectivity index is 2.20. The standard InChI is InChI=1S/C16H10ClNO/c17-15-7-2-1-5-14(15)16(19)13-6-3-4-11-10-18-9-8-12(11)13/h1-10H. The highest BCUT2D eigenvalue weighted by Crippen LogP contribution is 2.24. The second-order valence-electron chi connectivity index (χ2n) is 4.21. The van der Waals surface area contributed by atoms with Gasteiger partial charge in [-0.2, -0.15) is 0 Å². The van der Waals surface area contributed by atoms with Gasteiger partial charge in [-0.15, -0.1) is 0 Å². The van der Waals surface area contributed by atoms with E-state index in [4.69, 9.17) is 11.6 Å². The molecule has 0 aliphatic rings. The molecule has 2 nitrogen and oxygen atoms in total. The minimum Gasteiger partial charge on any atom is -0.289 e. The molecule has 3 heteroatoms. The van der Waals surface area contributed by atoms with Crippen molar-refractivity contribution in [1.82, 2.24) is 4.98 Å². The zero-order chi connectivity index (χ0) is 13.2. The molecule has 0 aliphatic carbocycles. The van der Waals surface area contributed by atoms with Crippen LogP contribution in [0.4, 0.5) is 0 Å². The van der Waals surface area contributed by atoms with Crippen molar-refractivity contribution in [2.24, 2.45) is 0 Å². The van der Waals surface area contributed by atoms with E-state index in [2.05, 4.69) is 4.98 Å². The number of ketones is 1. The maximum absolute atomic E-state index is 12.6. The largest absolute Gasteiger partial charge is 0.289 e. The highest BCUT2D eigenvalue weighted by Gasteiger charge is 2.14. The summed E-state index contributed by atoms with van der Waals surface area (Å²) >= 11 is 6.09. The molecule has 19 heavy (non-hydrogen) atoms. The Hall–Kier alpha value is -2.19. The molecule has 0 saturated heterocycles. The van der Waals surface area contributed by atoms with Crippen molar-refractivity contribution in [1.29, 1.82) is 0 Å². The monoisotopic (exact) mass is 267 g/mol. The van der Waals surface area contributed by atoms with Gasteiger partial charge < -0.3 is 0 Å². The van der Waals surface area contributed by atoms with Gasteiger partial charge in [-0.05, 0) is 23.6 Å². The molecular formula is C16H10ClNO. The summed E-state index contributed by atoms with van der Waals surface area (Å²) in [6.07, 6.45) is 3.43. The van der Waals surface area contributed by atoms with Gasteiger partial charge in [0.1, 0.15) is 0 Å². The van der Waals surface area contributed by atoms with Crippen LogP contribution in [0.25, 0.3) is 10.8 Å². The Bertz CT molecular complexity index is 762. The number of fused-ring (bicyclic) bond motifs is 1. The minimum atomic E-state index is -0.0672. The summed E-state index contributed by atoms with van der Waals surface area (Å²) in [5.74, 6) is -0.0672. The lowest BCUT2D eigenvalue weighted by Crippen LogP contribution is -2.02. The number of benzene rings is 2. The first kappa shape index (κ1) is 11.9. The third-order valence-electron chi connectivity index (χ3n) is 3.04. The van der Waals surface area contributed by atoms with Crippen molar-refractivity contribution in [2.75, 3.05) is 0 Å². The molecule has 0 atom stereocenters. The first-order chi connectivity index (χ1) is 9.27. The lowest BCUT2D eigenvalue weighted by molar-refractivity contribution is 0.104. The van der Waals surface area contributed by atoms with Gasteiger partial charge in [0.05, 0.1) is 5.02 Å². The summed E-state index contributed by atoms with van der Waals surface area (Å²) < 4.78 is 0. The first-order valence-corrected chi connectivity index (χ1v) is 6.27. The number of halogens is 1. The molecule has 0 N–H and O–H groups in total. The Morgan fingerprint density at radius 3 is 2.58 bits per heavy atom. The lowest BCUT2D eigenvalue weighted by atomic mass is 9.98. The van der Waals surface area contributed by atoms with Gasteiger partial charge in [-0.1, -0.05) is 41.9 Å². The van der Waals surface area contributed by atoms with Crippen molar-refractivity contribution in [3.05, 3.63) is 77.1 Å². The van der Waals surface area contributed by atoms with Crippen LogP contribution in [0.1, 0.15) is 15.9 Å². The fourth-order valence-electron chi connectivity index (χ4n) is 2.11. The van der Waals surface area contributed by atoms with Crippen LogP contribution in [0.2, 0.25) is 5.02 Å². The summed E-state index contributed by atoms with van der Waals surface area (Å²) in [7, 11) is 0. The molecule has 1 aromatic heterocycles. The Morgan fingerprint density at radius 2 is 1.74 bits per heavy atom. The van der Waals surface area contributed by atoms with Gasteiger partial charge in [-0.3, -0.25) is 9.78 Å². The number of carbonyl (C=O) groups is 1. The van der Waals surface area contributed by atoms with E-state index in [1.54, 1.807) is 24.5 Å². The summed E-state index contributed by atoms with van der Waals surface area (Å²) in [5, 5.41) is 2.31. The first-order valence-electron chi connectivity index (χ1n) is 5.89. The van der Waals surface area contributed by atoms with E-state index >= 15 is 0 Å². The van der Waals surface area contributed by atoms with Crippen molar-refractivity contribution >= 4 is 28.2 Å². The minimum absolute atomic E-state index is 0.0672. The highest BCUT2D eigenvalue weighted by atomic mass is 35.5. The highest BCUT2D eigenvalue weighted by molar-refractivity contribution is 6.35. The zero-order valence-corrected chi connectivity index (χ0v) is 10.8. The van der Waals surface area contributed by atoms with Gasteiger partial charge in [0.25, 0.3) is 0 Å². The molecule has 1 heterocycles. The SMILES string of the molecule is O=C(c1ccccc1Cl)c1cccc2cnccc12. The van der Waals surface area contributed by atoms with E-state index in [9.17, 15) is 4.79 Å². The van der Waals surface area contributed by atoms with Crippen LogP contribution in [0.3, 0.4) is 0 Å².